The molecular formula is C15H21N3OS. The summed E-state index contributed by atoms with van der Waals surface area (Å²) in [5.41, 5.74) is 1.28. The second-order valence-corrected chi connectivity index (χ2v) is 6.12. The molecule has 1 aromatic carbocycles. The van der Waals surface area contributed by atoms with Crippen molar-refractivity contribution in [3.05, 3.63) is 41.5 Å². The van der Waals surface area contributed by atoms with Crippen LogP contribution in [0, 0.1) is 0 Å². The monoisotopic (exact) mass is 291 g/mol. The van der Waals surface area contributed by atoms with Gasteiger partial charge in [-0.2, -0.15) is 4.98 Å². The number of hydrogen-bond acceptors (Lipinski definition) is 5. The van der Waals surface area contributed by atoms with Crippen molar-refractivity contribution in [2.75, 3.05) is 7.05 Å². The molecule has 1 aromatic heterocycles. The fourth-order valence-corrected chi connectivity index (χ4v) is 2.55. The molecule has 2 rings (SSSR count). The molecule has 1 N–H and O–H groups in total. The van der Waals surface area contributed by atoms with E-state index in [1.165, 1.54) is 10.5 Å². The first-order valence-electron chi connectivity index (χ1n) is 6.82. The molecule has 0 spiro atoms. The molecule has 0 aliphatic rings. The van der Waals surface area contributed by atoms with Gasteiger partial charge in [-0.25, -0.2) is 0 Å². The minimum absolute atomic E-state index is 0.303. The summed E-state index contributed by atoms with van der Waals surface area (Å²) < 4.78 is 5.25. The van der Waals surface area contributed by atoms with Gasteiger partial charge in [-0.3, -0.25) is 0 Å². The van der Waals surface area contributed by atoms with Crippen molar-refractivity contribution < 1.29 is 4.52 Å². The lowest BCUT2D eigenvalue weighted by atomic mass is 10.1. The predicted molar refractivity (Wildman–Crippen MR) is 81.9 cm³/mol. The summed E-state index contributed by atoms with van der Waals surface area (Å²) in [5, 5.41) is 7.23. The molecule has 5 heteroatoms. The number of benzene rings is 1. The molecule has 0 fully saturated rings. The fourth-order valence-electron chi connectivity index (χ4n) is 1.75. The van der Waals surface area contributed by atoms with E-state index in [1.54, 1.807) is 11.8 Å². The van der Waals surface area contributed by atoms with Crippen LogP contribution in [0.5, 0.6) is 0 Å². The zero-order valence-electron chi connectivity index (χ0n) is 12.4. The van der Waals surface area contributed by atoms with Crippen molar-refractivity contribution in [3.8, 4) is 0 Å². The first-order chi connectivity index (χ1) is 9.60. The van der Waals surface area contributed by atoms with Crippen molar-refractivity contribution in [1.82, 2.24) is 15.5 Å². The second-order valence-electron chi connectivity index (χ2n) is 5.07. The number of thioether (sulfide) groups is 1. The molecule has 0 aliphatic heterocycles. The molecule has 20 heavy (non-hydrogen) atoms. The van der Waals surface area contributed by atoms with Gasteiger partial charge in [0.2, 0.25) is 5.89 Å². The van der Waals surface area contributed by atoms with Crippen LogP contribution in [0.2, 0.25) is 0 Å². The van der Waals surface area contributed by atoms with Crippen molar-refractivity contribution in [2.24, 2.45) is 0 Å². The third kappa shape index (κ3) is 3.84. The summed E-state index contributed by atoms with van der Waals surface area (Å²) in [6, 6.07) is 8.88. The minimum Gasteiger partial charge on any atom is -0.338 e. The fraction of sp³-hybridized carbons (Fsp3) is 0.467. The maximum absolute atomic E-state index is 5.25. The Labute approximate surface area is 124 Å². The number of hydrogen-bond donors (Lipinski definition) is 1. The Balaban J connectivity index is 1.99. The third-order valence-corrected chi connectivity index (χ3v) is 4.13. The van der Waals surface area contributed by atoms with E-state index in [2.05, 4.69) is 60.5 Å². The summed E-state index contributed by atoms with van der Waals surface area (Å²) in [6.45, 7) is 6.27. The van der Waals surface area contributed by atoms with Crippen molar-refractivity contribution in [2.45, 2.75) is 43.4 Å². The maximum atomic E-state index is 5.25. The first-order valence-corrected chi connectivity index (χ1v) is 7.81. The van der Waals surface area contributed by atoms with E-state index in [-0.39, 0.29) is 0 Å². The largest absolute Gasteiger partial charge is 0.338 e. The smallest absolute Gasteiger partial charge is 0.237 e. The molecule has 2 aromatic rings. The molecule has 0 aliphatic carbocycles. The van der Waals surface area contributed by atoms with E-state index in [0.29, 0.717) is 23.6 Å². The molecular weight excluding hydrogens is 270 g/mol. The van der Waals surface area contributed by atoms with Crippen LogP contribution in [0.25, 0.3) is 0 Å². The molecule has 0 saturated heterocycles. The Morgan fingerprint density at radius 3 is 2.75 bits per heavy atom. The van der Waals surface area contributed by atoms with Gasteiger partial charge in [-0.05, 0) is 31.7 Å². The number of rotatable bonds is 6. The first kappa shape index (κ1) is 15.1. The van der Waals surface area contributed by atoms with Gasteiger partial charge in [0.15, 0.2) is 5.82 Å². The average molecular weight is 291 g/mol. The standard InChI is InChI=1S/C15H21N3OS/c1-10(2)15-17-14(19-18-15)9-20-13-7-5-6-12(8-13)11(3)16-4/h5-8,10-11,16H,9H2,1-4H3. The molecule has 108 valence electrons. The Hall–Kier alpha value is -1.33. The summed E-state index contributed by atoms with van der Waals surface area (Å²) >= 11 is 1.72. The summed E-state index contributed by atoms with van der Waals surface area (Å²) in [6.07, 6.45) is 0. The van der Waals surface area contributed by atoms with E-state index in [9.17, 15) is 0 Å². The molecule has 1 unspecified atom stereocenters. The number of nitrogens with zero attached hydrogens (tertiary/aromatic N) is 2. The Morgan fingerprint density at radius 1 is 1.30 bits per heavy atom. The molecule has 0 amide bonds. The molecule has 0 saturated carbocycles. The highest BCUT2D eigenvalue weighted by Crippen LogP contribution is 2.25. The van der Waals surface area contributed by atoms with Crippen LogP contribution in [0.3, 0.4) is 0 Å². The van der Waals surface area contributed by atoms with E-state index in [0.717, 1.165) is 5.82 Å². The van der Waals surface area contributed by atoms with E-state index in [4.69, 9.17) is 4.52 Å². The zero-order valence-corrected chi connectivity index (χ0v) is 13.2. The van der Waals surface area contributed by atoms with Crippen LogP contribution in [-0.4, -0.2) is 17.2 Å². The third-order valence-electron chi connectivity index (χ3n) is 3.15. The van der Waals surface area contributed by atoms with Gasteiger partial charge in [-0.1, -0.05) is 31.1 Å². The van der Waals surface area contributed by atoms with Gasteiger partial charge in [0.1, 0.15) is 0 Å². The highest BCUT2D eigenvalue weighted by atomic mass is 32.2. The minimum atomic E-state index is 0.303. The van der Waals surface area contributed by atoms with Gasteiger partial charge in [0.25, 0.3) is 0 Å². The van der Waals surface area contributed by atoms with E-state index >= 15 is 0 Å². The zero-order chi connectivity index (χ0) is 14.5. The Kier molecular flexibility index (Phi) is 5.20. The lowest BCUT2D eigenvalue weighted by Crippen LogP contribution is -2.11. The SMILES string of the molecule is CNC(C)c1cccc(SCc2nc(C(C)C)no2)c1. The van der Waals surface area contributed by atoms with Gasteiger partial charge >= 0.3 is 0 Å². The lowest BCUT2D eigenvalue weighted by molar-refractivity contribution is 0.383. The van der Waals surface area contributed by atoms with E-state index < -0.39 is 0 Å². The van der Waals surface area contributed by atoms with Crippen LogP contribution in [-0.2, 0) is 5.75 Å². The van der Waals surface area contributed by atoms with Gasteiger partial charge in [-0.15, -0.1) is 11.8 Å². The number of aromatic nitrogens is 2. The van der Waals surface area contributed by atoms with Crippen LogP contribution >= 0.6 is 11.8 Å². The Bertz CT molecular complexity index is 554. The average Bonchev–Trinajstić information content (AvgIpc) is 2.93. The van der Waals surface area contributed by atoms with Gasteiger partial charge in [0, 0.05) is 16.9 Å². The number of nitrogens with one attached hydrogen (secondary N) is 1. The lowest BCUT2D eigenvalue weighted by Gasteiger charge is -2.11. The molecule has 4 nitrogen and oxygen atoms in total. The van der Waals surface area contributed by atoms with Crippen molar-refractivity contribution in [3.63, 3.8) is 0 Å². The summed E-state index contributed by atoms with van der Waals surface area (Å²) in [4.78, 5) is 5.60. The van der Waals surface area contributed by atoms with Crippen LogP contribution < -0.4 is 5.32 Å². The van der Waals surface area contributed by atoms with Crippen LogP contribution in [0.15, 0.2) is 33.7 Å². The quantitative estimate of drug-likeness (QED) is 0.821. The maximum Gasteiger partial charge on any atom is 0.237 e. The topological polar surface area (TPSA) is 51.0 Å². The highest BCUT2D eigenvalue weighted by Gasteiger charge is 2.10. The molecule has 0 radical (unpaired) electrons. The predicted octanol–water partition coefficient (Wildman–Crippen LogP) is 3.77. The molecule has 1 heterocycles. The van der Waals surface area contributed by atoms with Crippen molar-refractivity contribution >= 4 is 11.8 Å². The van der Waals surface area contributed by atoms with Crippen LogP contribution in [0.1, 0.15) is 50.0 Å². The molecule has 1 atom stereocenters. The molecule has 0 bridgehead atoms. The van der Waals surface area contributed by atoms with Gasteiger partial charge in [0.05, 0.1) is 5.75 Å². The van der Waals surface area contributed by atoms with Crippen molar-refractivity contribution in [1.29, 1.82) is 0 Å². The Morgan fingerprint density at radius 2 is 2.10 bits per heavy atom. The van der Waals surface area contributed by atoms with Crippen LogP contribution in [0.4, 0.5) is 0 Å². The summed E-state index contributed by atoms with van der Waals surface area (Å²) in [7, 11) is 1.97. The van der Waals surface area contributed by atoms with E-state index in [1.807, 2.05) is 7.05 Å². The highest BCUT2D eigenvalue weighted by molar-refractivity contribution is 7.98. The second kappa shape index (κ2) is 6.90. The summed E-state index contributed by atoms with van der Waals surface area (Å²) in [5.74, 6) is 2.47. The van der Waals surface area contributed by atoms with Gasteiger partial charge < -0.3 is 9.84 Å². The normalized spacial score (nSPS) is 12.8.